The van der Waals surface area contributed by atoms with Crippen molar-refractivity contribution in [1.29, 1.82) is 0 Å². The lowest BCUT2D eigenvalue weighted by atomic mass is 10.1. The first-order chi connectivity index (χ1) is 8.33. The van der Waals surface area contributed by atoms with Gasteiger partial charge in [-0.2, -0.15) is 0 Å². The Morgan fingerprint density at radius 1 is 1.29 bits per heavy atom. The SMILES string of the molecule is C#CC1CCC[C@H]1OCc1ccc(OC)cc1. The van der Waals surface area contributed by atoms with Crippen LogP contribution in [0.25, 0.3) is 0 Å². The average molecular weight is 230 g/mol. The lowest BCUT2D eigenvalue weighted by molar-refractivity contribution is 0.0295. The molecule has 90 valence electrons. The number of benzene rings is 1. The van der Waals surface area contributed by atoms with E-state index in [1.807, 2.05) is 24.3 Å². The van der Waals surface area contributed by atoms with Gasteiger partial charge in [-0.15, -0.1) is 12.3 Å². The maximum absolute atomic E-state index is 5.88. The highest BCUT2D eigenvalue weighted by molar-refractivity contribution is 5.26. The van der Waals surface area contributed by atoms with Gasteiger partial charge in [0.05, 0.1) is 19.8 Å². The summed E-state index contributed by atoms with van der Waals surface area (Å²) in [6.45, 7) is 0.632. The number of terminal acetylenes is 1. The van der Waals surface area contributed by atoms with E-state index in [-0.39, 0.29) is 6.10 Å². The third-order valence-electron chi connectivity index (χ3n) is 3.29. The monoisotopic (exact) mass is 230 g/mol. The summed E-state index contributed by atoms with van der Waals surface area (Å²) in [5, 5.41) is 0. The van der Waals surface area contributed by atoms with Gasteiger partial charge >= 0.3 is 0 Å². The Morgan fingerprint density at radius 3 is 2.71 bits per heavy atom. The molecule has 0 aliphatic heterocycles. The van der Waals surface area contributed by atoms with E-state index in [2.05, 4.69) is 5.92 Å². The Bertz CT molecular complexity index is 388. The van der Waals surface area contributed by atoms with Gasteiger partial charge in [-0.05, 0) is 37.0 Å². The van der Waals surface area contributed by atoms with Crippen LogP contribution in [0.5, 0.6) is 5.75 Å². The summed E-state index contributed by atoms with van der Waals surface area (Å²) in [6, 6.07) is 7.95. The van der Waals surface area contributed by atoms with Gasteiger partial charge in [-0.1, -0.05) is 12.1 Å². The van der Waals surface area contributed by atoms with Crippen LogP contribution < -0.4 is 4.74 Å². The zero-order chi connectivity index (χ0) is 12.1. The van der Waals surface area contributed by atoms with Gasteiger partial charge in [-0.25, -0.2) is 0 Å². The molecule has 1 aromatic carbocycles. The normalized spacial score (nSPS) is 23.3. The van der Waals surface area contributed by atoms with Crippen LogP contribution in [-0.2, 0) is 11.3 Å². The fraction of sp³-hybridized carbons (Fsp3) is 0.467. The summed E-state index contributed by atoms with van der Waals surface area (Å²) in [4.78, 5) is 0. The van der Waals surface area contributed by atoms with Crippen LogP contribution in [0, 0.1) is 18.3 Å². The van der Waals surface area contributed by atoms with E-state index >= 15 is 0 Å². The summed E-state index contributed by atoms with van der Waals surface area (Å²) in [5.74, 6) is 3.99. The zero-order valence-corrected chi connectivity index (χ0v) is 10.2. The van der Waals surface area contributed by atoms with Crippen molar-refractivity contribution in [3.63, 3.8) is 0 Å². The minimum absolute atomic E-state index is 0.238. The minimum Gasteiger partial charge on any atom is -0.497 e. The fourth-order valence-electron chi connectivity index (χ4n) is 2.24. The van der Waals surface area contributed by atoms with Crippen LogP contribution in [0.4, 0.5) is 0 Å². The Balaban J connectivity index is 1.87. The molecule has 0 saturated heterocycles. The molecule has 0 bridgehead atoms. The van der Waals surface area contributed by atoms with Crippen LogP contribution in [-0.4, -0.2) is 13.2 Å². The zero-order valence-electron chi connectivity index (χ0n) is 10.2. The lowest BCUT2D eigenvalue weighted by Gasteiger charge is -2.15. The first-order valence-electron chi connectivity index (χ1n) is 6.04. The van der Waals surface area contributed by atoms with Crippen molar-refractivity contribution in [2.24, 2.45) is 5.92 Å². The molecule has 2 rings (SSSR count). The molecule has 0 aromatic heterocycles. The van der Waals surface area contributed by atoms with Crippen molar-refractivity contribution in [1.82, 2.24) is 0 Å². The average Bonchev–Trinajstić information content (AvgIpc) is 2.84. The minimum atomic E-state index is 0.238. The van der Waals surface area contributed by atoms with Crippen molar-refractivity contribution >= 4 is 0 Å². The molecule has 2 heteroatoms. The molecule has 1 saturated carbocycles. The van der Waals surface area contributed by atoms with Gasteiger partial charge in [0.25, 0.3) is 0 Å². The summed E-state index contributed by atoms with van der Waals surface area (Å²) >= 11 is 0. The van der Waals surface area contributed by atoms with Gasteiger partial charge in [0.2, 0.25) is 0 Å². The number of methoxy groups -OCH3 is 1. The molecule has 1 unspecified atom stereocenters. The Morgan fingerprint density at radius 2 is 2.06 bits per heavy atom. The predicted molar refractivity (Wildman–Crippen MR) is 67.7 cm³/mol. The highest BCUT2D eigenvalue weighted by atomic mass is 16.5. The van der Waals surface area contributed by atoms with Crippen molar-refractivity contribution in [2.45, 2.75) is 32.0 Å². The first kappa shape index (κ1) is 12.0. The second-order valence-electron chi connectivity index (χ2n) is 4.40. The van der Waals surface area contributed by atoms with Crippen molar-refractivity contribution in [3.8, 4) is 18.1 Å². The Hall–Kier alpha value is -1.46. The van der Waals surface area contributed by atoms with Crippen molar-refractivity contribution in [3.05, 3.63) is 29.8 Å². The summed E-state index contributed by atoms with van der Waals surface area (Å²) < 4.78 is 11.0. The molecule has 1 aromatic rings. The second-order valence-corrected chi connectivity index (χ2v) is 4.40. The summed E-state index contributed by atoms with van der Waals surface area (Å²) in [6.07, 6.45) is 9.09. The van der Waals surface area contributed by atoms with Gasteiger partial charge in [-0.3, -0.25) is 0 Å². The molecular formula is C15H18O2. The lowest BCUT2D eigenvalue weighted by Crippen LogP contribution is -2.16. The molecule has 0 heterocycles. The standard InChI is InChI=1S/C15H18O2/c1-3-13-5-4-6-15(13)17-11-12-7-9-14(16-2)10-8-12/h1,7-10,13,15H,4-6,11H2,2H3/t13?,15-/m1/s1. The topological polar surface area (TPSA) is 18.5 Å². The molecule has 1 aliphatic carbocycles. The third-order valence-corrected chi connectivity index (χ3v) is 3.29. The number of hydrogen-bond acceptors (Lipinski definition) is 2. The van der Waals surface area contributed by atoms with Crippen LogP contribution in [0.1, 0.15) is 24.8 Å². The van der Waals surface area contributed by atoms with E-state index in [1.54, 1.807) is 7.11 Å². The van der Waals surface area contributed by atoms with Crippen LogP contribution in [0.15, 0.2) is 24.3 Å². The highest BCUT2D eigenvalue weighted by Gasteiger charge is 2.26. The number of hydrogen-bond donors (Lipinski definition) is 0. The molecule has 0 radical (unpaired) electrons. The Labute approximate surface area is 103 Å². The molecular weight excluding hydrogens is 212 g/mol. The van der Waals surface area contributed by atoms with E-state index in [1.165, 1.54) is 6.42 Å². The summed E-state index contributed by atoms with van der Waals surface area (Å²) in [7, 11) is 1.67. The van der Waals surface area contributed by atoms with E-state index in [9.17, 15) is 0 Å². The Kier molecular flexibility index (Phi) is 4.06. The molecule has 1 fully saturated rings. The van der Waals surface area contributed by atoms with E-state index in [0.717, 1.165) is 24.2 Å². The molecule has 0 N–H and O–H groups in total. The first-order valence-corrected chi connectivity index (χ1v) is 6.04. The second kappa shape index (κ2) is 5.75. The predicted octanol–water partition coefficient (Wildman–Crippen LogP) is 3.01. The number of rotatable bonds is 4. The third kappa shape index (κ3) is 3.01. The highest BCUT2D eigenvalue weighted by Crippen LogP contribution is 2.28. The van der Waals surface area contributed by atoms with Crippen molar-refractivity contribution < 1.29 is 9.47 Å². The quantitative estimate of drug-likeness (QED) is 0.740. The van der Waals surface area contributed by atoms with Gasteiger partial charge in [0, 0.05) is 5.92 Å². The molecule has 2 nitrogen and oxygen atoms in total. The van der Waals surface area contributed by atoms with Gasteiger partial charge in [0.1, 0.15) is 5.75 Å². The van der Waals surface area contributed by atoms with Gasteiger partial charge in [0.15, 0.2) is 0 Å². The van der Waals surface area contributed by atoms with Crippen molar-refractivity contribution in [2.75, 3.05) is 7.11 Å². The molecule has 0 spiro atoms. The molecule has 17 heavy (non-hydrogen) atoms. The molecule has 2 atom stereocenters. The van der Waals surface area contributed by atoms with Gasteiger partial charge < -0.3 is 9.47 Å². The molecule has 1 aliphatic rings. The van der Waals surface area contributed by atoms with Crippen LogP contribution in [0.3, 0.4) is 0 Å². The maximum Gasteiger partial charge on any atom is 0.118 e. The smallest absolute Gasteiger partial charge is 0.118 e. The summed E-state index contributed by atoms with van der Waals surface area (Å²) in [5.41, 5.74) is 1.16. The fourth-order valence-corrected chi connectivity index (χ4v) is 2.24. The van der Waals surface area contributed by atoms with Crippen LogP contribution in [0.2, 0.25) is 0 Å². The maximum atomic E-state index is 5.88. The van der Waals surface area contributed by atoms with E-state index in [0.29, 0.717) is 12.5 Å². The molecule has 0 amide bonds. The largest absolute Gasteiger partial charge is 0.497 e. The van der Waals surface area contributed by atoms with Crippen LogP contribution >= 0.6 is 0 Å². The number of ether oxygens (including phenoxy) is 2. The van der Waals surface area contributed by atoms with E-state index < -0.39 is 0 Å². The van der Waals surface area contributed by atoms with E-state index in [4.69, 9.17) is 15.9 Å².